The molecule has 0 saturated carbocycles. The molecule has 0 amide bonds. The molecule has 3 aromatic rings. The quantitative estimate of drug-likeness (QED) is 0.312. The minimum absolute atomic E-state index is 0.0154. The van der Waals surface area contributed by atoms with Crippen LogP contribution in [0, 0.1) is 10.1 Å². The Morgan fingerprint density at radius 2 is 1.59 bits per heavy atom. The molecule has 0 radical (unpaired) electrons. The lowest BCUT2D eigenvalue weighted by Crippen LogP contribution is -1.95. The lowest BCUT2D eigenvalue weighted by atomic mass is 9.95. The summed E-state index contributed by atoms with van der Waals surface area (Å²) in [6.07, 6.45) is 0. The summed E-state index contributed by atoms with van der Waals surface area (Å²) < 4.78 is 10.3. The number of hydrogen-bond acceptors (Lipinski definition) is 7. The van der Waals surface area contributed by atoms with Crippen LogP contribution >= 0.6 is 0 Å². The van der Waals surface area contributed by atoms with E-state index < -0.39 is 4.92 Å². The van der Waals surface area contributed by atoms with Gasteiger partial charge in [0.1, 0.15) is 11.4 Å². The zero-order chi connectivity index (χ0) is 21.1. The molecule has 0 fully saturated rings. The first-order valence-corrected chi connectivity index (χ1v) is 8.94. The van der Waals surface area contributed by atoms with Gasteiger partial charge in [0, 0.05) is 11.5 Å². The van der Waals surface area contributed by atoms with Gasteiger partial charge in [-0.05, 0) is 22.9 Å². The Bertz CT molecular complexity index is 1110. The van der Waals surface area contributed by atoms with Crippen molar-refractivity contribution in [3.63, 3.8) is 0 Å². The van der Waals surface area contributed by atoms with E-state index in [0.717, 1.165) is 10.9 Å². The van der Waals surface area contributed by atoms with E-state index in [9.17, 15) is 15.2 Å². The van der Waals surface area contributed by atoms with Gasteiger partial charge in [0.15, 0.2) is 17.2 Å². The zero-order valence-corrected chi connectivity index (χ0v) is 16.5. The molecule has 3 rings (SSSR count). The van der Waals surface area contributed by atoms with E-state index in [2.05, 4.69) is 24.1 Å². The Kier molecular flexibility index (Phi) is 5.63. The SMILES string of the molecule is COc1cc([N+](=O)[O-])c(OC)cc1N=Nc1cc(C(C)C)c2ccccc2c1O. The van der Waals surface area contributed by atoms with Crippen LogP contribution in [0.25, 0.3) is 10.8 Å². The molecular weight excluding hydrogens is 374 g/mol. The predicted molar refractivity (Wildman–Crippen MR) is 110 cm³/mol. The minimum atomic E-state index is -0.563. The highest BCUT2D eigenvalue weighted by Crippen LogP contribution is 2.43. The third-order valence-corrected chi connectivity index (χ3v) is 4.59. The normalized spacial score (nSPS) is 11.3. The van der Waals surface area contributed by atoms with E-state index in [0.29, 0.717) is 11.1 Å². The number of hydrogen-bond donors (Lipinski definition) is 1. The number of phenols is 1. The second-order valence-corrected chi connectivity index (χ2v) is 6.69. The average Bonchev–Trinajstić information content (AvgIpc) is 2.72. The summed E-state index contributed by atoms with van der Waals surface area (Å²) in [5, 5.41) is 31.9. The van der Waals surface area contributed by atoms with Crippen LogP contribution < -0.4 is 9.47 Å². The summed E-state index contributed by atoms with van der Waals surface area (Å²) in [4.78, 5) is 10.6. The maximum Gasteiger partial charge on any atom is 0.314 e. The fourth-order valence-electron chi connectivity index (χ4n) is 3.12. The second-order valence-electron chi connectivity index (χ2n) is 6.69. The minimum Gasteiger partial charge on any atom is -0.505 e. The van der Waals surface area contributed by atoms with Gasteiger partial charge in [-0.3, -0.25) is 10.1 Å². The Balaban J connectivity index is 2.14. The fraction of sp³-hybridized carbons (Fsp3) is 0.238. The van der Waals surface area contributed by atoms with Crippen LogP contribution in [0.4, 0.5) is 17.1 Å². The molecule has 0 aliphatic heterocycles. The lowest BCUT2D eigenvalue weighted by Gasteiger charge is -2.13. The van der Waals surface area contributed by atoms with Crippen LogP contribution in [0.15, 0.2) is 52.7 Å². The van der Waals surface area contributed by atoms with Gasteiger partial charge in [0.25, 0.3) is 0 Å². The van der Waals surface area contributed by atoms with E-state index in [1.165, 1.54) is 26.4 Å². The Morgan fingerprint density at radius 3 is 2.17 bits per heavy atom. The van der Waals surface area contributed by atoms with Crippen LogP contribution in [0.2, 0.25) is 0 Å². The number of rotatable bonds is 6. The number of fused-ring (bicyclic) bond motifs is 1. The van der Waals surface area contributed by atoms with Gasteiger partial charge in [-0.1, -0.05) is 38.1 Å². The summed E-state index contributed by atoms with van der Waals surface area (Å²) in [5.74, 6) is 0.436. The maximum atomic E-state index is 11.2. The number of nitrogens with zero attached hydrogens (tertiary/aromatic N) is 3. The van der Waals surface area contributed by atoms with Gasteiger partial charge < -0.3 is 14.6 Å². The number of azo groups is 1. The summed E-state index contributed by atoms with van der Waals surface area (Å²) in [6, 6.07) is 11.9. The maximum absolute atomic E-state index is 11.2. The first-order chi connectivity index (χ1) is 13.9. The monoisotopic (exact) mass is 395 g/mol. The number of aromatic hydroxyl groups is 1. The van der Waals surface area contributed by atoms with Gasteiger partial charge in [-0.2, -0.15) is 0 Å². The van der Waals surface area contributed by atoms with Gasteiger partial charge in [-0.15, -0.1) is 10.2 Å². The number of benzene rings is 3. The fourth-order valence-corrected chi connectivity index (χ4v) is 3.12. The smallest absolute Gasteiger partial charge is 0.314 e. The van der Waals surface area contributed by atoms with E-state index in [1.807, 2.05) is 24.3 Å². The second kappa shape index (κ2) is 8.14. The van der Waals surface area contributed by atoms with E-state index >= 15 is 0 Å². The standard InChI is InChI=1S/C21H21N3O5/c1-12(2)15-9-17(21(25)14-8-6-5-7-13(14)15)23-22-16-10-20(29-4)18(24(26)27)11-19(16)28-3/h5-12,25H,1-4H3. The van der Waals surface area contributed by atoms with Crippen LogP contribution in [0.3, 0.4) is 0 Å². The Hall–Kier alpha value is -3.68. The lowest BCUT2D eigenvalue weighted by molar-refractivity contribution is -0.385. The van der Waals surface area contributed by atoms with Crippen molar-refractivity contribution in [2.75, 3.05) is 14.2 Å². The highest BCUT2D eigenvalue weighted by Gasteiger charge is 2.20. The zero-order valence-electron chi connectivity index (χ0n) is 16.5. The predicted octanol–water partition coefficient (Wildman–Crippen LogP) is 6.01. The number of ether oxygens (including phenoxy) is 2. The third-order valence-electron chi connectivity index (χ3n) is 4.59. The van der Waals surface area contributed by atoms with Gasteiger partial charge in [0.2, 0.25) is 0 Å². The van der Waals surface area contributed by atoms with E-state index in [1.54, 1.807) is 6.07 Å². The van der Waals surface area contributed by atoms with Crippen LogP contribution in [0.1, 0.15) is 25.3 Å². The van der Waals surface area contributed by atoms with Crippen molar-refractivity contribution in [2.24, 2.45) is 10.2 Å². The molecule has 0 unspecified atom stereocenters. The molecule has 8 heteroatoms. The molecular formula is C21H21N3O5. The molecule has 0 aliphatic carbocycles. The molecule has 0 bridgehead atoms. The Morgan fingerprint density at radius 1 is 0.966 bits per heavy atom. The van der Waals surface area contributed by atoms with Gasteiger partial charge >= 0.3 is 5.69 Å². The molecule has 0 aliphatic rings. The van der Waals surface area contributed by atoms with Gasteiger partial charge in [0.05, 0.1) is 25.2 Å². The molecule has 3 aromatic carbocycles. The number of methoxy groups -OCH3 is 2. The van der Waals surface area contributed by atoms with Crippen molar-refractivity contribution < 1.29 is 19.5 Å². The molecule has 0 atom stereocenters. The molecule has 0 heterocycles. The summed E-state index contributed by atoms with van der Waals surface area (Å²) in [7, 11) is 2.72. The van der Waals surface area contributed by atoms with Crippen LogP contribution in [0.5, 0.6) is 17.2 Å². The molecule has 0 aromatic heterocycles. The number of phenolic OH excluding ortho intramolecular Hbond substituents is 1. The average molecular weight is 395 g/mol. The molecule has 0 spiro atoms. The van der Waals surface area contributed by atoms with Crippen molar-refractivity contribution >= 4 is 27.8 Å². The third kappa shape index (κ3) is 3.82. The highest BCUT2D eigenvalue weighted by atomic mass is 16.6. The summed E-state index contributed by atoms with van der Waals surface area (Å²) >= 11 is 0. The molecule has 1 N–H and O–H groups in total. The van der Waals surface area contributed by atoms with Crippen molar-refractivity contribution in [1.82, 2.24) is 0 Å². The molecule has 0 saturated heterocycles. The number of nitro groups is 1. The molecule has 29 heavy (non-hydrogen) atoms. The highest BCUT2D eigenvalue weighted by molar-refractivity contribution is 5.95. The van der Waals surface area contributed by atoms with Gasteiger partial charge in [-0.25, -0.2) is 0 Å². The summed E-state index contributed by atoms with van der Waals surface area (Å²) in [5.41, 5.74) is 1.33. The largest absolute Gasteiger partial charge is 0.505 e. The first kappa shape index (κ1) is 20.1. The van der Waals surface area contributed by atoms with Crippen molar-refractivity contribution in [3.05, 3.63) is 58.1 Å². The van der Waals surface area contributed by atoms with Crippen molar-refractivity contribution in [2.45, 2.75) is 19.8 Å². The van der Waals surface area contributed by atoms with Crippen LogP contribution in [-0.4, -0.2) is 24.2 Å². The first-order valence-electron chi connectivity index (χ1n) is 8.94. The number of nitro benzene ring substituents is 1. The van der Waals surface area contributed by atoms with Crippen LogP contribution in [-0.2, 0) is 0 Å². The van der Waals surface area contributed by atoms with E-state index in [-0.39, 0.29) is 34.5 Å². The van der Waals surface area contributed by atoms with E-state index in [4.69, 9.17) is 9.47 Å². The van der Waals surface area contributed by atoms with Crippen molar-refractivity contribution in [3.8, 4) is 17.2 Å². The van der Waals surface area contributed by atoms with Crippen molar-refractivity contribution in [1.29, 1.82) is 0 Å². The topological polar surface area (TPSA) is 107 Å². The Labute approximate surface area is 167 Å². The summed E-state index contributed by atoms with van der Waals surface area (Å²) in [6.45, 7) is 4.12. The molecule has 150 valence electrons. The molecule has 8 nitrogen and oxygen atoms in total.